The van der Waals surface area contributed by atoms with Crippen LogP contribution in [0.25, 0.3) is 28.9 Å². The fourth-order valence-electron chi connectivity index (χ4n) is 2.80. The highest BCUT2D eigenvalue weighted by atomic mass is 35.5. The van der Waals surface area contributed by atoms with Gasteiger partial charge in [0.2, 0.25) is 0 Å². The van der Waals surface area contributed by atoms with Crippen molar-refractivity contribution >= 4 is 35.1 Å². The second-order valence-corrected chi connectivity index (χ2v) is 8.99. The van der Waals surface area contributed by atoms with E-state index in [9.17, 15) is 0 Å². The highest BCUT2D eigenvalue weighted by molar-refractivity contribution is 7.99. The zero-order valence-electron chi connectivity index (χ0n) is 18.5. The summed E-state index contributed by atoms with van der Waals surface area (Å²) in [4.78, 5) is 0. The monoisotopic (exact) mass is 523 g/mol. The van der Waals surface area contributed by atoms with Gasteiger partial charge in [-0.25, -0.2) is 4.68 Å². The van der Waals surface area contributed by atoms with Gasteiger partial charge in [0.25, 0.3) is 22.2 Å². The molecule has 0 aliphatic carbocycles. The average molecular weight is 524 g/mol. The van der Waals surface area contributed by atoms with Gasteiger partial charge in [0.05, 0.1) is 23.9 Å². The van der Waals surface area contributed by atoms with Gasteiger partial charge in [-0.2, -0.15) is 0 Å². The molecular weight excluding hydrogens is 502 g/mol. The Morgan fingerprint density at radius 1 is 0.853 bits per heavy atom. The van der Waals surface area contributed by atoms with E-state index in [2.05, 4.69) is 30.7 Å². The molecule has 34 heavy (non-hydrogen) atoms. The summed E-state index contributed by atoms with van der Waals surface area (Å²) < 4.78 is 23.9. The molecule has 4 rings (SSSR count). The third-order valence-corrected chi connectivity index (χ3v) is 6.17. The third kappa shape index (κ3) is 5.96. The Morgan fingerprint density at radius 2 is 1.47 bits per heavy atom. The molecule has 0 bridgehead atoms. The lowest BCUT2D eigenvalue weighted by molar-refractivity contribution is 0.164. The number of para-hydroxylation sites is 1. The molecule has 0 aliphatic heterocycles. The Balaban J connectivity index is 1.65. The molecule has 0 fully saturated rings. The van der Waals surface area contributed by atoms with Crippen molar-refractivity contribution in [1.29, 1.82) is 0 Å². The molecule has 4 aromatic rings. The number of nitrogens with zero attached hydrogens (tertiary/aromatic N) is 7. The van der Waals surface area contributed by atoms with Crippen LogP contribution in [0.4, 0.5) is 0 Å². The summed E-state index contributed by atoms with van der Waals surface area (Å²) in [7, 11) is 0. The molecule has 14 heteroatoms. The SMILES string of the molecule is CCOCCSc1nnc(-c2nnn(-c3ccccc3Cl)c2-c2nnc(SCCOCC)o2)o1. The number of rotatable bonds is 13. The van der Waals surface area contributed by atoms with Gasteiger partial charge < -0.3 is 18.3 Å². The molecule has 1 aromatic carbocycles. The van der Waals surface area contributed by atoms with Crippen molar-refractivity contribution < 1.29 is 18.3 Å². The van der Waals surface area contributed by atoms with Gasteiger partial charge in [0.1, 0.15) is 0 Å². The summed E-state index contributed by atoms with van der Waals surface area (Å²) in [5.74, 6) is 1.73. The number of benzene rings is 1. The molecule has 0 amide bonds. The lowest BCUT2D eigenvalue weighted by Gasteiger charge is -2.05. The molecule has 0 N–H and O–H groups in total. The predicted molar refractivity (Wildman–Crippen MR) is 127 cm³/mol. The van der Waals surface area contributed by atoms with Gasteiger partial charge in [-0.3, -0.25) is 0 Å². The first-order valence-electron chi connectivity index (χ1n) is 10.5. The predicted octanol–water partition coefficient (Wildman–Crippen LogP) is 4.28. The number of hydrogen-bond acceptors (Lipinski definition) is 12. The van der Waals surface area contributed by atoms with Crippen LogP contribution in [0.3, 0.4) is 0 Å². The summed E-state index contributed by atoms with van der Waals surface area (Å²) in [6, 6.07) is 7.23. The summed E-state index contributed by atoms with van der Waals surface area (Å²) in [5.41, 5.74) is 1.29. The highest BCUT2D eigenvalue weighted by Crippen LogP contribution is 2.34. The molecule has 180 valence electrons. The molecule has 11 nitrogen and oxygen atoms in total. The average Bonchev–Trinajstić information content (AvgIpc) is 3.59. The van der Waals surface area contributed by atoms with Crippen LogP contribution in [0.2, 0.25) is 5.02 Å². The molecule has 0 saturated carbocycles. The van der Waals surface area contributed by atoms with E-state index in [4.69, 9.17) is 29.9 Å². The molecule has 0 radical (unpaired) electrons. The molecule has 3 heterocycles. The molecule has 0 aliphatic rings. The van der Waals surface area contributed by atoms with E-state index in [1.165, 1.54) is 28.2 Å². The van der Waals surface area contributed by atoms with Crippen molar-refractivity contribution in [2.24, 2.45) is 0 Å². The van der Waals surface area contributed by atoms with Crippen LogP contribution in [0.1, 0.15) is 13.8 Å². The van der Waals surface area contributed by atoms with Gasteiger partial charge in [0.15, 0.2) is 11.4 Å². The lowest BCUT2D eigenvalue weighted by atomic mass is 10.2. The van der Waals surface area contributed by atoms with Crippen LogP contribution in [0.15, 0.2) is 43.5 Å². The Morgan fingerprint density at radius 3 is 2.12 bits per heavy atom. The first-order chi connectivity index (χ1) is 16.7. The van der Waals surface area contributed by atoms with Gasteiger partial charge in [-0.15, -0.1) is 25.5 Å². The van der Waals surface area contributed by atoms with Gasteiger partial charge >= 0.3 is 0 Å². The van der Waals surface area contributed by atoms with E-state index in [0.29, 0.717) is 70.5 Å². The van der Waals surface area contributed by atoms with Crippen LogP contribution in [0, 0.1) is 0 Å². The Kier molecular flexibility index (Phi) is 8.93. The number of hydrogen-bond donors (Lipinski definition) is 0. The van der Waals surface area contributed by atoms with E-state index < -0.39 is 0 Å². The van der Waals surface area contributed by atoms with Crippen molar-refractivity contribution in [3.05, 3.63) is 29.3 Å². The Labute approximate surface area is 208 Å². The van der Waals surface area contributed by atoms with Crippen molar-refractivity contribution in [2.75, 3.05) is 37.9 Å². The number of aromatic nitrogens is 7. The van der Waals surface area contributed by atoms with E-state index in [1.54, 1.807) is 12.1 Å². The van der Waals surface area contributed by atoms with Gasteiger partial charge in [-0.1, -0.05) is 52.5 Å². The van der Waals surface area contributed by atoms with E-state index >= 15 is 0 Å². The summed E-state index contributed by atoms with van der Waals surface area (Å²) >= 11 is 9.21. The maximum Gasteiger partial charge on any atom is 0.276 e. The minimum absolute atomic E-state index is 0.177. The standard InChI is InChI=1S/C20H22ClN7O4S2/c1-3-29-9-11-33-19-25-23-17(31-19)15-16(18-24-26-20(32-18)34-12-10-30-4-2)28(27-22-15)14-8-6-5-7-13(14)21/h5-8H,3-4,9-12H2,1-2H3. The molecule has 3 aromatic heterocycles. The van der Waals surface area contributed by atoms with Gasteiger partial charge in [-0.05, 0) is 26.0 Å². The summed E-state index contributed by atoms with van der Waals surface area (Å²) in [6.07, 6.45) is 0. The highest BCUT2D eigenvalue weighted by Gasteiger charge is 2.27. The minimum Gasteiger partial charge on any atom is -0.410 e. The quantitative estimate of drug-likeness (QED) is 0.183. The van der Waals surface area contributed by atoms with Gasteiger partial charge in [0, 0.05) is 24.7 Å². The van der Waals surface area contributed by atoms with Crippen LogP contribution >= 0.6 is 35.1 Å². The fourth-order valence-corrected chi connectivity index (χ4v) is 4.24. The van der Waals surface area contributed by atoms with Crippen LogP contribution in [0.5, 0.6) is 0 Å². The number of thioether (sulfide) groups is 2. The van der Waals surface area contributed by atoms with Crippen molar-refractivity contribution in [3.63, 3.8) is 0 Å². The van der Waals surface area contributed by atoms with Crippen LogP contribution < -0.4 is 0 Å². The minimum atomic E-state index is 0.177. The lowest BCUT2D eigenvalue weighted by Crippen LogP contribution is -2.00. The largest absolute Gasteiger partial charge is 0.410 e. The second-order valence-electron chi connectivity index (χ2n) is 6.49. The maximum atomic E-state index is 6.42. The second kappa shape index (κ2) is 12.3. The Hall–Kier alpha value is -2.45. The van der Waals surface area contributed by atoms with Crippen molar-refractivity contribution in [2.45, 2.75) is 24.3 Å². The normalized spacial score (nSPS) is 11.4. The summed E-state index contributed by atoms with van der Waals surface area (Å²) in [6.45, 7) is 6.35. The van der Waals surface area contributed by atoms with E-state index in [1.807, 2.05) is 26.0 Å². The van der Waals surface area contributed by atoms with Crippen LogP contribution in [-0.4, -0.2) is 73.3 Å². The first kappa shape index (κ1) is 24.7. The first-order valence-corrected chi connectivity index (χ1v) is 12.9. The van der Waals surface area contributed by atoms with Crippen LogP contribution in [-0.2, 0) is 9.47 Å². The zero-order chi connectivity index (χ0) is 23.8. The fraction of sp³-hybridized carbons (Fsp3) is 0.400. The Bertz CT molecular complexity index is 1200. The topological polar surface area (TPSA) is 127 Å². The molecule has 0 atom stereocenters. The third-order valence-electron chi connectivity index (χ3n) is 4.28. The summed E-state index contributed by atoms with van der Waals surface area (Å²) in [5, 5.41) is 26.4. The molecule has 0 saturated heterocycles. The van der Waals surface area contributed by atoms with Crippen molar-refractivity contribution in [3.8, 4) is 28.9 Å². The smallest absolute Gasteiger partial charge is 0.276 e. The molecular formula is C20H22ClN7O4S2. The van der Waals surface area contributed by atoms with E-state index in [-0.39, 0.29) is 11.8 Å². The number of ether oxygens (including phenoxy) is 2. The van der Waals surface area contributed by atoms with E-state index in [0.717, 1.165) is 0 Å². The zero-order valence-corrected chi connectivity index (χ0v) is 20.9. The van der Waals surface area contributed by atoms with Crippen molar-refractivity contribution in [1.82, 2.24) is 35.4 Å². The number of halogens is 1. The molecule has 0 unspecified atom stereocenters. The maximum absolute atomic E-state index is 6.42. The molecule has 0 spiro atoms.